The molecular weight excluding hydrogens is 218 g/mol. The topological polar surface area (TPSA) is 49.8 Å². The van der Waals surface area contributed by atoms with Crippen molar-refractivity contribution in [1.82, 2.24) is 4.90 Å². The number of hydrogen-bond donors (Lipinski definition) is 1. The zero-order valence-corrected chi connectivity index (χ0v) is 11.4. The van der Waals surface area contributed by atoms with E-state index in [9.17, 15) is 9.90 Å². The Morgan fingerprint density at radius 2 is 2.00 bits per heavy atom. The molecule has 17 heavy (non-hydrogen) atoms. The summed E-state index contributed by atoms with van der Waals surface area (Å²) in [4.78, 5) is 13.8. The van der Waals surface area contributed by atoms with Crippen molar-refractivity contribution < 1.29 is 14.6 Å². The van der Waals surface area contributed by atoms with Gasteiger partial charge in [0.05, 0.1) is 12.7 Å². The lowest BCUT2D eigenvalue weighted by molar-refractivity contribution is -0.164. The first-order valence-electron chi connectivity index (χ1n) is 6.63. The summed E-state index contributed by atoms with van der Waals surface area (Å²) in [5.74, 6) is -0.699. The highest BCUT2D eigenvalue weighted by Gasteiger charge is 2.45. The first-order valence-corrected chi connectivity index (χ1v) is 6.63. The Morgan fingerprint density at radius 1 is 1.41 bits per heavy atom. The van der Waals surface area contributed by atoms with Gasteiger partial charge in [0.15, 0.2) is 0 Å². The Balaban J connectivity index is 3.00. The van der Waals surface area contributed by atoms with Crippen LogP contribution < -0.4 is 0 Å². The highest BCUT2D eigenvalue weighted by Crippen LogP contribution is 2.30. The summed E-state index contributed by atoms with van der Waals surface area (Å²) in [5, 5.41) is 9.59. The lowest BCUT2D eigenvalue weighted by Gasteiger charge is -2.48. The molecule has 1 N–H and O–H groups in total. The monoisotopic (exact) mass is 243 g/mol. The van der Waals surface area contributed by atoms with Gasteiger partial charge in [0, 0.05) is 12.6 Å². The molecule has 0 saturated carbocycles. The van der Waals surface area contributed by atoms with Crippen LogP contribution in [-0.4, -0.2) is 46.8 Å². The molecule has 0 aromatic rings. The minimum atomic E-state index is -0.723. The summed E-state index contributed by atoms with van der Waals surface area (Å²) < 4.78 is 5.64. The average Bonchev–Trinajstić information content (AvgIpc) is 2.31. The Kier molecular flexibility index (Phi) is 4.95. The second-order valence-electron chi connectivity index (χ2n) is 4.90. The number of carboxylic acids is 1. The Hall–Kier alpha value is -0.610. The molecule has 0 aliphatic carbocycles. The number of morpholine rings is 1. The Morgan fingerprint density at radius 3 is 2.41 bits per heavy atom. The molecule has 1 rings (SSSR count). The number of carboxylic acid groups (broad SMARTS) is 1. The molecule has 1 saturated heterocycles. The van der Waals surface area contributed by atoms with E-state index in [-0.39, 0.29) is 12.1 Å². The van der Waals surface area contributed by atoms with Gasteiger partial charge in [-0.05, 0) is 26.2 Å². The minimum absolute atomic E-state index is 0.120. The number of rotatable bonds is 5. The molecule has 2 unspecified atom stereocenters. The molecular formula is C13H25NO3. The second kappa shape index (κ2) is 5.83. The molecule has 0 radical (unpaired) electrons. The van der Waals surface area contributed by atoms with Gasteiger partial charge in [-0.25, -0.2) is 0 Å². The molecule has 0 aromatic heterocycles. The quantitative estimate of drug-likeness (QED) is 0.803. The van der Waals surface area contributed by atoms with Crippen LogP contribution in [0.15, 0.2) is 0 Å². The van der Waals surface area contributed by atoms with E-state index in [1.54, 1.807) is 0 Å². The van der Waals surface area contributed by atoms with Gasteiger partial charge in [0.2, 0.25) is 0 Å². The van der Waals surface area contributed by atoms with E-state index in [1.165, 1.54) is 0 Å². The molecule has 1 heterocycles. The van der Waals surface area contributed by atoms with E-state index in [0.29, 0.717) is 26.0 Å². The van der Waals surface area contributed by atoms with Crippen LogP contribution in [-0.2, 0) is 9.53 Å². The van der Waals surface area contributed by atoms with E-state index >= 15 is 0 Å². The van der Waals surface area contributed by atoms with Gasteiger partial charge in [-0.15, -0.1) is 0 Å². The van der Waals surface area contributed by atoms with Crippen molar-refractivity contribution in [2.75, 3.05) is 13.2 Å². The number of hydrogen-bond acceptors (Lipinski definition) is 3. The van der Waals surface area contributed by atoms with Gasteiger partial charge >= 0.3 is 5.97 Å². The van der Waals surface area contributed by atoms with E-state index in [0.717, 1.165) is 6.42 Å². The largest absolute Gasteiger partial charge is 0.480 e. The molecule has 0 bridgehead atoms. The maximum atomic E-state index is 11.7. The van der Waals surface area contributed by atoms with Gasteiger partial charge in [-0.3, -0.25) is 9.69 Å². The number of nitrogens with zero attached hydrogens (tertiary/aromatic N) is 1. The van der Waals surface area contributed by atoms with Gasteiger partial charge in [-0.1, -0.05) is 20.8 Å². The molecule has 0 spiro atoms. The summed E-state index contributed by atoms with van der Waals surface area (Å²) in [6, 6.07) is 0.224. The third-order valence-electron chi connectivity index (χ3n) is 4.06. The zero-order chi connectivity index (χ0) is 13.1. The maximum absolute atomic E-state index is 11.7. The summed E-state index contributed by atoms with van der Waals surface area (Å²) in [6.45, 7) is 9.39. The maximum Gasteiger partial charge on any atom is 0.324 e. The van der Waals surface area contributed by atoms with Gasteiger partial charge < -0.3 is 9.84 Å². The summed E-state index contributed by atoms with van der Waals surface area (Å²) >= 11 is 0. The lowest BCUT2D eigenvalue weighted by atomic mass is 9.87. The number of ether oxygens (including phenoxy) is 1. The van der Waals surface area contributed by atoms with Crippen molar-refractivity contribution in [1.29, 1.82) is 0 Å². The van der Waals surface area contributed by atoms with Gasteiger partial charge in [0.1, 0.15) is 5.54 Å². The summed E-state index contributed by atoms with van der Waals surface area (Å²) in [5.41, 5.74) is -0.723. The van der Waals surface area contributed by atoms with Crippen LogP contribution in [0, 0.1) is 0 Å². The van der Waals surface area contributed by atoms with Crippen molar-refractivity contribution in [3.63, 3.8) is 0 Å². The molecule has 0 aromatic carbocycles. The van der Waals surface area contributed by atoms with Crippen LogP contribution >= 0.6 is 0 Å². The minimum Gasteiger partial charge on any atom is -0.480 e. The van der Waals surface area contributed by atoms with Crippen LogP contribution in [0.25, 0.3) is 0 Å². The number of carbonyl (C=O) groups is 1. The second-order valence-corrected chi connectivity index (χ2v) is 4.90. The Labute approximate surface area is 104 Å². The molecule has 1 aliphatic heterocycles. The van der Waals surface area contributed by atoms with Crippen LogP contribution in [0.5, 0.6) is 0 Å². The molecule has 1 fully saturated rings. The predicted molar refractivity (Wildman–Crippen MR) is 67.1 cm³/mol. The molecule has 4 nitrogen and oxygen atoms in total. The highest BCUT2D eigenvalue weighted by atomic mass is 16.5. The first-order chi connectivity index (χ1) is 8.01. The standard InChI is InChI=1S/C13H25NO3/c1-5-11-9-17-10(4)8-14(11)13(6-2,7-3)12(15)16/h10-11H,5-9H2,1-4H3,(H,15,16). The van der Waals surface area contributed by atoms with Gasteiger partial charge in [-0.2, -0.15) is 0 Å². The summed E-state index contributed by atoms with van der Waals surface area (Å²) in [7, 11) is 0. The van der Waals surface area contributed by atoms with Crippen LogP contribution in [0.1, 0.15) is 47.0 Å². The number of aliphatic carboxylic acids is 1. The van der Waals surface area contributed by atoms with Crippen LogP contribution in [0.4, 0.5) is 0 Å². The SMILES string of the molecule is CCC1COC(C)CN1C(CC)(CC)C(=O)O. The van der Waals surface area contributed by atoms with E-state index in [4.69, 9.17) is 4.74 Å². The third kappa shape index (κ3) is 2.63. The van der Waals surface area contributed by atoms with E-state index in [2.05, 4.69) is 11.8 Å². The third-order valence-corrected chi connectivity index (χ3v) is 4.06. The molecule has 100 valence electrons. The van der Waals surface area contributed by atoms with Crippen LogP contribution in [0.2, 0.25) is 0 Å². The average molecular weight is 243 g/mol. The van der Waals surface area contributed by atoms with Crippen molar-refractivity contribution in [2.45, 2.75) is 64.6 Å². The lowest BCUT2D eigenvalue weighted by Crippen LogP contribution is -2.63. The normalized spacial score (nSPS) is 27.1. The molecule has 4 heteroatoms. The zero-order valence-electron chi connectivity index (χ0n) is 11.4. The fourth-order valence-electron chi connectivity index (χ4n) is 2.79. The van der Waals surface area contributed by atoms with Crippen molar-refractivity contribution in [3.8, 4) is 0 Å². The molecule has 0 amide bonds. The van der Waals surface area contributed by atoms with Crippen molar-refractivity contribution >= 4 is 5.97 Å². The van der Waals surface area contributed by atoms with E-state index in [1.807, 2.05) is 20.8 Å². The van der Waals surface area contributed by atoms with Crippen molar-refractivity contribution in [2.24, 2.45) is 0 Å². The smallest absolute Gasteiger partial charge is 0.324 e. The van der Waals surface area contributed by atoms with Crippen LogP contribution in [0.3, 0.4) is 0 Å². The van der Waals surface area contributed by atoms with Gasteiger partial charge in [0.25, 0.3) is 0 Å². The predicted octanol–water partition coefficient (Wildman–Crippen LogP) is 2.13. The highest BCUT2D eigenvalue weighted by molar-refractivity contribution is 5.78. The first kappa shape index (κ1) is 14.5. The van der Waals surface area contributed by atoms with Crippen molar-refractivity contribution in [3.05, 3.63) is 0 Å². The van der Waals surface area contributed by atoms with E-state index < -0.39 is 11.5 Å². The molecule has 2 atom stereocenters. The summed E-state index contributed by atoms with van der Waals surface area (Å²) in [6.07, 6.45) is 2.33. The molecule has 1 aliphatic rings. The fourth-order valence-corrected chi connectivity index (χ4v) is 2.79. The Bertz CT molecular complexity index is 263. The fraction of sp³-hybridized carbons (Fsp3) is 0.923.